The molecule has 1 aromatic rings. The van der Waals surface area contributed by atoms with Gasteiger partial charge in [0.05, 0.1) is 6.10 Å². The molecule has 0 fully saturated rings. The van der Waals surface area contributed by atoms with Crippen LogP contribution < -0.4 is 5.73 Å². The molecule has 15 heavy (non-hydrogen) atoms. The predicted octanol–water partition coefficient (Wildman–Crippen LogP) is 1.12. The molecule has 0 radical (unpaired) electrons. The van der Waals surface area contributed by atoms with Crippen LogP contribution in [0.3, 0.4) is 0 Å². The Balaban J connectivity index is 2.86. The smallest absolute Gasteiger partial charge is 0.125 e. The summed E-state index contributed by atoms with van der Waals surface area (Å²) in [5.41, 5.74) is 6.00. The summed E-state index contributed by atoms with van der Waals surface area (Å²) in [6, 6.07) is 3.69. The van der Waals surface area contributed by atoms with Crippen LogP contribution in [0, 0.1) is 5.82 Å². The first-order valence-electron chi connectivity index (χ1n) is 4.58. The summed E-state index contributed by atoms with van der Waals surface area (Å²) in [6.07, 6.45) is -1.69. The lowest BCUT2D eigenvalue weighted by atomic mass is 10.0. The second-order valence-corrected chi connectivity index (χ2v) is 3.74. The van der Waals surface area contributed by atoms with Crippen molar-refractivity contribution in [3.05, 3.63) is 29.6 Å². The van der Waals surface area contributed by atoms with Gasteiger partial charge >= 0.3 is 0 Å². The van der Waals surface area contributed by atoms with E-state index in [9.17, 15) is 14.6 Å². The number of benzene rings is 1. The van der Waals surface area contributed by atoms with E-state index >= 15 is 0 Å². The van der Waals surface area contributed by atoms with Crippen molar-refractivity contribution in [2.24, 2.45) is 0 Å². The van der Waals surface area contributed by atoms with E-state index < -0.39 is 18.0 Å². The number of rotatable bonds is 4. The Hall–Kier alpha value is -0.780. The molecule has 4 N–H and O–H groups in total. The maximum atomic E-state index is 12.7. The number of aliphatic hydroxyl groups is 2. The van der Waals surface area contributed by atoms with Crippen molar-refractivity contribution in [3.63, 3.8) is 0 Å². The molecule has 0 aromatic heterocycles. The van der Waals surface area contributed by atoms with Crippen LogP contribution in [0.1, 0.15) is 18.1 Å². The zero-order valence-corrected chi connectivity index (χ0v) is 8.99. The molecule has 2 unspecified atom stereocenters. The van der Waals surface area contributed by atoms with Crippen LogP contribution in [-0.2, 0) is 0 Å². The minimum atomic E-state index is -1.10. The van der Waals surface area contributed by atoms with Gasteiger partial charge in [-0.3, -0.25) is 0 Å². The number of nitrogens with two attached hydrogens (primary N) is 1. The molecule has 84 valence electrons. The standard InChI is InChI=1S/C10H14FNO2S/c11-6-1-2-7(8(12)5-6)10(14)9(13)3-4-15/h1-2,5,9-10,13-15H,3-4,12H2. The first-order valence-corrected chi connectivity index (χ1v) is 5.21. The number of aliphatic hydroxyl groups excluding tert-OH is 2. The van der Waals surface area contributed by atoms with Crippen molar-refractivity contribution in [1.82, 2.24) is 0 Å². The third-order valence-electron chi connectivity index (χ3n) is 2.16. The van der Waals surface area contributed by atoms with Gasteiger partial charge in [0.25, 0.3) is 0 Å². The van der Waals surface area contributed by atoms with E-state index in [1.165, 1.54) is 12.1 Å². The summed E-state index contributed by atoms with van der Waals surface area (Å²) in [5, 5.41) is 19.2. The Morgan fingerprint density at radius 1 is 1.40 bits per heavy atom. The van der Waals surface area contributed by atoms with Gasteiger partial charge in [-0.05, 0) is 24.3 Å². The third kappa shape index (κ3) is 3.09. The highest BCUT2D eigenvalue weighted by Crippen LogP contribution is 2.25. The van der Waals surface area contributed by atoms with Crippen LogP contribution in [0.25, 0.3) is 0 Å². The zero-order chi connectivity index (χ0) is 11.4. The second-order valence-electron chi connectivity index (χ2n) is 3.30. The van der Waals surface area contributed by atoms with Crippen molar-refractivity contribution >= 4 is 18.3 Å². The number of thiol groups is 1. The topological polar surface area (TPSA) is 66.5 Å². The fraction of sp³-hybridized carbons (Fsp3) is 0.400. The van der Waals surface area contributed by atoms with E-state index in [-0.39, 0.29) is 5.69 Å². The summed E-state index contributed by atoms with van der Waals surface area (Å²) in [6.45, 7) is 0. The van der Waals surface area contributed by atoms with E-state index in [1.54, 1.807) is 0 Å². The Bertz CT molecular complexity index is 335. The van der Waals surface area contributed by atoms with Crippen molar-refractivity contribution in [1.29, 1.82) is 0 Å². The molecule has 0 amide bonds. The lowest BCUT2D eigenvalue weighted by Gasteiger charge is -2.18. The van der Waals surface area contributed by atoms with Gasteiger partial charge in [0.1, 0.15) is 11.9 Å². The normalized spacial score (nSPS) is 14.9. The fourth-order valence-electron chi connectivity index (χ4n) is 1.31. The number of nitrogen functional groups attached to an aromatic ring is 1. The quantitative estimate of drug-likeness (QED) is 0.464. The molecule has 5 heteroatoms. The first kappa shape index (κ1) is 12.3. The van der Waals surface area contributed by atoms with E-state index in [1.807, 2.05) is 0 Å². The van der Waals surface area contributed by atoms with E-state index in [2.05, 4.69) is 12.6 Å². The summed E-state index contributed by atoms with van der Waals surface area (Å²) in [7, 11) is 0. The lowest BCUT2D eigenvalue weighted by Crippen LogP contribution is -2.19. The van der Waals surface area contributed by atoms with Gasteiger partial charge in [-0.2, -0.15) is 12.6 Å². The maximum Gasteiger partial charge on any atom is 0.125 e. The molecule has 0 saturated heterocycles. The number of hydrogen-bond donors (Lipinski definition) is 4. The van der Waals surface area contributed by atoms with E-state index in [0.29, 0.717) is 17.7 Å². The molecule has 0 saturated carbocycles. The van der Waals surface area contributed by atoms with Gasteiger partial charge in [-0.25, -0.2) is 4.39 Å². The number of halogens is 1. The molecule has 0 aliphatic carbocycles. The second kappa shape index (κ2) is 5.34. The Morgan fingerprint density at radius 3 is 2.60 bits per heavy atom. The minimum absolute atomic E-state index is 0.140. The summed E-state index contributed by atoms with van der Waals surface area (Å²) in [5.74, 6) is -0.00795. The SMILES string of the molecule is Nc1cc(F)ccc1C(O)C(O)CCS. The molecule has 3 nitrogen and oxygen atoms in total. The van der Waals surface area contributed by atoms with E-state index in [0.717, 1.165) is 6.07 Å². The summed E-state index contributed by atoms with van der Waals surface area (Å²) in [4.78, 5) is 0. The molecule has 0 aliphatic rings. The van der Waals surface area contributed by atoms with Gasteiger partial charge in [0.2, 0.25) is 0 Å². The summed E-state index contributed by atoms with van der Waals surface area (Å²) >= 11 is 3.95. The molecule has 2 atom stereocenters. The maximum absolute atomic E-state index is 12.7. The van der Waals surface area contributed by atoms with Crippen molar-refractivity contribution in [3.8, 4) is 0 Å². The van der Waals surface area contributed by atoms with Gasteiger partial charge in [-0.15, -0.1) is 0 Å². The summed E-state index contributed by atoms with van der Waals surface area (Å²) < 4.78 is 12.7. The van der Waals surface area contributed by atoms with Crippen LogP contribution in [0.15, 0.2) is 18.2 Å². The van der Waals surface area contributed by atoms with Crippen molar-refractivity contribution < 1.29 is 14.6 Å². The van der Waals surface area contributed by atoms with Crippen molar-refractivity contribution in [2.45, 2.75) is 18.6 Å². The lowest BCUT2D eigenvalue weighted by molar-refractivity contribution is 0.0176. The van der Waals surface area contributed by atoms with Crippen LogP contribution >= 0.6 is 12.6 Å². The van der Waals surface area contributed by atoms with Crippen LogP contribution in [0.5, 0.6) is 0 Å². The predicted molar refractivity (Wildman–Crippen MR) is 60.2 cm³/mol. The highest BCUT2D eigenvalue weighted by molar-refractivity contribution is 7.80. The highest BCUT2D eigenvalue weighted by Gasteiger charge is 2.19. The highest BCUT2D eigenvalue weighted by atomic mass is 32.1. The average molecular weight is 231 g/mol. The van der Waals surface area contributed by atoms with Crippen LogP contribution in [-0.4, -0.2) is 22.1 Å². The molecule has 0 bridgehead atoms. The van der Waals surface area contributed by atoms with Crippen molar-refractivity contribution in [2.75, 3.05) is 11.5 Å². The molecule has 0 heterocycles. The number of anilines is 1. The zero-order valence-electron chi connectivity index (χ0n) is 8.10. The first-order chi connectivity index (χ1) is 7.06. The minimum Gasteiger partial charge on any atom is -0.398 e. The van der Waals surface area contributed by atoms with Crippen LogP contribution in [0.4, 0.5) is 10.1 Å². The molecular formula is C10H14FNO2S. The van der Waals surface area contributed by atoms with Gasteiger partial charge in [0, 0.05) is 11.3 Å². The third-order valence-corrected chi connectivity index (χ3v) is 2.42. The molecule has 1 rings (SSSR count). The van der Waals surface area contributed by atoms with Gasteiger partial charge < -0.3 is 15.9 Å². The molecule has 1 aromatic carbocycles. The largest absolute Gasteiger partial charge is 0.398 e. The molecule has 0 spiro atoms. The Labute approximate surface area is 93.1 Å². The molecule has 0 aliphatic heterocycles. The molecular weight excluding hydrogens is 217 g/mol. The van der Waals surface area contributed by atoms with Gasteiger partial charge in [0.15, 0.2) is 0 Å². The van der Waals surface area contributed by atoms with E-state index in [4.69, 9.17) is 5.73 Å². The number of hydrogen-bond acceptors (Lipinski definition) is 4. The fourth-order valence-corrected chi connectivity index (χ4v) is 1.58. The Morgan fingerprint density at radius 2 is 2.07 bits per heavy atom. The monoisotopic (exact) mass is 231 g/mol. The average Bonchev–Trinajstić information content (AvgIpc) is 2.17. The van der Waals surface area contributed by atoms with Crippen LogP contribution in [0.2, 0.25) is 0 Å². The van der Waals surface area contributed by atoms with Gasteiger partial charge in [-0.1, -0.05) is 6.07 Å². The Kier molecular flexibility index (Phi) is 4.38.